The van der Waals surface area contributed by atoms with Gasteiger partial charge in [0.2, 0.25) is 0 Å². The Morgan fingerprint density at radius 3 is 2.37 bits per heavy atom. The summed E-state index contributed by atoms with van der Waals surface area (Å²) < 4.78 is 11.9. The van der Waals surface area contributed by atoms with Crippen LogP contribution in [0.2, 0.25) is 0 Å². The highest BCUT2D eigenvalue weighted by Crippen LogP contribution is 2.43. The molecule has 9 nitrogen and oxygen atoms in total. The van der Waals surface area contributed by atoms with Crippen molar-refractivity contribution in [2.45, 2.75) is 12.1 Å². The van der Waals surface area contributed by atoms with Gasteiger partial charge in [0.25, 0.3) is 5.91 Å². The molecule has 0 saturated carbocycles. The lowest BCUT2D eigenvalue weighted by Gasteiger charge is -2.26. The van der Waals surface area contributed by atoms with Crippen molar-refractivity contribution in [1.82, 2.24) is 10.3 Å². The molecule has 6 rings (SSSR count). The van der Waals surface area contributed by atoms with Crippen molar-refractivity contribution in [3.63, 3.8) is 0 Å². The number of carbonyl (C=O) groups is 2. The van der Waals surface area contributed by atoms with Crippen molar-refractivity contribution in [3.8, 4) is 17.1 Å². The van der Waals surface area contributed by atoms with Crippen LogP contribution < -0.4 is 20.3 Å². The van der Waals surface area contributed by atoms with Gasteiger partial charge in [-0.05, 0) is 85.0 Å². The fourth-order valence-corrected chi connectivity index (χ4v) is 5.28. The van der Waals surface area contributed by atoms with Gasteiger partial charge < -0.3 is 29.8 Å². The van der Waals surface area contributed by atoms with E-state index in [-0.39, 0.29) is 30.2 Å². The van der Waals surface area contributed by atoms with E-state index in [9.17, 15) is 14.7 Å². The smallest absolute Gasteiger partial charge is 0.335 e. The number of pyridine rings is 1. The summed E-state index contributed by atoms with van der Waals surface area (Å²) in [5.41, 5.74) is 3.16. The molecule has 1 aliphatic rings. The number of rotatable bonds is 9. The van der Waals surface area contributed by atoms with E-state index in [1.807, 2.05) is 65.6 Å². The third-order valence-corrected chi connectivity index (χ3v) is 7.29. The summed E-state index contributed by atoms with van der Waals surface area (Å²) in [6.07, 6.45) is 1.73. The zero-order valence-corrected chi connectivity index (χ0v) is 23.5. The normalized spacial score (nSPS) is 16.0. The molecule has 2 aromatic heterocycles. The number of ether oxygens (including phenoxy) is 1. The lowest BCUT2D eigenvalue weighted by molar-refractivity contribution is -0.118. The minimum absolute atomic E-state index is 0.112. The summed E-state index contributed by atoms with van der Waals surface area (Å²) >= 11 is 5.80. The predicted octanol–water partition coefficient (Wildman–Crippen LogP) is 6.23. The number of benzene rings is 3. The Balaban J connectivity index is 1.25. The van der Waals surface area contributed by atoms with Gasteiger partial charge >= 0.3 is 5.97 Å². The topological polar surface area (TPSA) is 117 Å². The standard InChI is InChI=1S/C33H26N4O5S/c38-29(20-41-25-6-2-1-3-7-25)35-23-13-15-24(16-14-23)37-31(30(36-33(37)43)26-8-4-5-19-34-26)28-18-17-27(42-28)21-9-11-22(12-10-21)32(39)40/h1-19,30-31H,20H2,(H,35,38)(H,36,43)(H,39,40)/t30-,31-/m0/s1. The molecule has 1 fully saturated rings. The number of nitrogens with one attached hydrogen (secondary N) is 2. The van der Waals surface area contributed by atoms with Crippen LogP contribution in [0.1, 0.15) is 33.9 Å². The molecular weight excluding hydrogens is 564 g/mol. The Hall–Kier alpha value is -5.48. The second-order valence-corrected chi connectivity index (χ2v) is 10.2. The second-order valence-electron chi connectivity index (χ2n) is 9.78. The van der Waals surface area contributed by atoms with E-state index in [2.05, 4.69) is 15.6 Å². The van der Waals surface area contributed by atoms with Gasteiger partial charge in [-0.2, -0.15) is 0 Å². The molecule has 3 heterocycles. The van der Waals surface area contributed by atoms with Crippen LogP contribution >= 0.6 is 12.2 Å². The van der Waals surface area contributed by atoms with Crippen molar-refractivity contribution in [2.24, 2.45) is 0 Å². The van der Waals surface area contributed by atoms with Crippen LogP contribution in [0.15, 0.2) is 120 Å². The fourth-order valence-electron chi connectivity index (χ4n) is 4.93. The van der Waals surface area contributed by atoms with Crippen LogP contribution in [0, 0.1) is 0 Å². The van der Waals surface area contributed by atoms with Gasteiger partial charge in [-0.1, -0.05) is 36.4 Å². The number of furan rings is 1. The second kappa shape index (κ2) is 12.2. The number of carbonyl (C=O) groups excluding carboxylic acids is 1. The molecular formula is C33H26N4O5S. The molecule has 0 bridgehead atoms. The molecule has 1 saturated heterocycles. The number of para-hydroxylation sites is 1. The number of aromatic nitrogens is 1. The monoisotopic (exact) mass is 590 g/mol. The van der Waals surface area contributed by atoms with E-state index in [1.54, 1.807) is 54.7 Å². The summed E-state index contributed by atoms with van der Waals surface area (Å²) in [5.74, 6) is 0.602. The number of thiocarbonyl (C=S) groups is 1. The maximum absolute atomic E-state index is 12.5. The number of hydrogen-bond donors (Lipinski definition) is 3. The first-order chi connectivity index (χ1) is 21.0. The Bertz CT molecular complexity index is 1740. The zero-order chi connectivity index (χ0) is 29.8. The number of carboxylic acid groups (broad SMARTS) is 1. The molecule has 0 aliphatic carbocycles. The molecule has 1 amide bonds. The van der Waals surface area contributed by atoms with Crippen LogP contribution in [-0.4, -0.2) is 33.7 Å². The largest absolute Gasteiger partial charge is 0.484 e. The fraction of sp³-hybridized carbons (Fsp3) is 0.0909. The first kappa shape index (κ1) is 27.7. The average Bonchev–Trinajstić information content (AvgIpc) is 3.66. The number of hydrogen-bond acceptors (Lipinski definition) is 6. The third-order valence-electron chi connectivity index (χ3n) is 6.98. The number of aromatic carboxylic acids is 1. The summed E-state index contributed by atoms with van der Waals surface area (Å²) in [4.78, 5) is 30.3. The van der Waals surface area contributed by atoms with E-state index in [4.69, 9.17) is 21.4 Å². The molecule has 0 unspecified atom stereocenters. The van der Waals surface area contributed by atoms with E-state index in [0.717, 1.165) is 16.9 Å². The quantitative estimate of drug-likeness (QED) is 0.172. The van der Waals surface area contributed by atoms with Crippen molar-refractivity contribution >= 4 is 40.6 Å². The maximum atomic E-state index is 12.5. The highest BCUT2D eigenvalue weighted by Gasteiger charge is 2.42. The highest BCUT2D eigenvalue weighted by molar-refractivity contribution is 7.80. The Labute approximate surface area is 252 Å². The highest BCUT2D eigenvalue weighted by atomic mass is 32.1. The van der Waals surface area contributed by atoms with Crippen molar-refractivity contribution in [2.75, 3.05) is 16.8 Å². The van der Waals surface area contributed by atoms with Gasteiger partial charge in [-0.3, -0.25) is 9.78 Å². The summed E-state index contributed by atoms with van der Waals surface area (Å²) in [6, 6.07) is 31.8. The average molecular weight is 591 g/mol. The minimum atomic E-state index is -0.989. The molecule has 5 aromatic rings. The van der Waals surface area contributed by atoms with Crippen LogP contribution in [0.25, 0.3) is 11.3 Å². The molecule has 3 N–H and O–H groups in total. The molecule has 2 atom stereocenters. The first-order valence-electron chi connectivity index (χ1n) is 13.5. The number of carboxylic acids is 1. The SMILES string of the molecule is O=C(COc1ccccc1)Nc1ccc(N2C(=S)N[C@@H](c3ccccn3)[C@@H]2c2ccc(-c3ccc(C(=O)O)cc3)o2)cc1. The predicted molar refractivity (Wildman–Crippen MR) is 166 cm³/mol. The number of amides is 1. The minimum Gasteiger partial charge on any atom is -0.484 e. The van der Waals surface area contributed by atoms with Gasteiger partial charge in [-0.15, -0.1) is 0 Å². The van der Waals surface area contributed by atoms with Crippen LogP contribution in [0.5, 0.6) is 5.75 Å². The van der Waals surface area contributed by atoms with Gasteiger partial charge in [0.1, 0.15) is 23.3 Å². The lowest BCUT2D eigenvalue weighted by Crippen LogP contribution is -2.29. The Kier molecular flexibility index (Phi) is 7.84. The molecule has 43 heavy (non-hydrogen) atoms. The van der Waals surface area contributed by atoms with E-state index >= 15 is 0 Å². The van der Waals surface area contributed by atoms with Gasteiger partial charge in [0, 0.05) is 23.1 Å². The first-order valence-corrected chi connectivity index (χ1v) is 13.9. The molecule has 214 valence electrons. The Morgan fingerprint density at radius 2 is 1.67 bits per heavy atom. The van der Waals surface area contributed by atoms with Crippen molar-refractivity contribution < 1.29 is 23.8 Å². The Morgan fingerprint density at radius 1 is 0.930 bits per heavy atom. The lowest BCUT2D eigenvalue weighted by atomic mass is 10.0. The molecule has 3 aromatic carbocycles. The van der Waals surface area contributed by atoms with E-state index in [0.29, 0.717) is 28.1 Å². The van der Waals surface area contributed by atoms with Crippen LogP contribution in [0.4, 0.5) is 11.4 Å². The van der Waals surface area contributed by atoms with Crippen LogP contribution in [0.3, 0.4) is 0 Å². The zero-order valence-electron chi connectivity index (χ0n) is 22.7. The molecule has 0 spiro atoms. The molecule has 10 heteroatoms. The molecule has 0 radical (unpaired) electrons. The third kappa shape index (κ3) is 6.09. The maximum Gasteiger partial charge on any atom is 0.335 e. The summed E-state index contributed by atoms with van der Waals surface area (Å²) in [5, 5.41) is 16.0. The van der Waals surface area contributed by atoms with Gasteiger partial charge in [0.05, 0.1) is 17.3 Å². The summed E-state index contributed by atoms with van der Waals surface area (Å²) in [6.45, 7) is -0.112. The number of anilines is 2. The van der Waals surface area contributed by atoms with Crippen molar-refractivity contribution in [1.29, 1.82) is 0 Å². The summed E-state index contributed by atoms with van der Waals surface area (Å²) in [7, 11) is 0. The van der Waals surface area contributed by atoms with Crippen LogP contribution in [-0.2, 0) is 4.79 Å². The molecule has 1 aliphatic heterocycles. The van der Waals surface area contributed by atoms with E-state index < -0.39 is 5.97 Å². The van der Waals surface area contributed by atoms with Gasteiger partial charge in [0.15, 0.2) is 11.7 Å². The van der Waals surface area contributed by atoms with Gasteiger partial charge in [-0.25, -0.2) is 4.79 Å². The number of nitrogens with zero attached hydrogens (tertiary/aromatic N) is 2. The van der Waals surface area contributed by atoms with Crippen molar-refractivity contribution in [3.05, 3.63) is 132 Å². The van der Waals surface area contributed by atoms with E-state index in [1.165, 1.54) is 0 Å².